The molecular weight excluding hydrogens is 253 g/mol. The molecular formula is C14H19Cl2N. The molecule has 0 amide bonds. The van der Waals surface area contributed by atoms with E-state index in [-0.39, 0.29) is 0 Å². The Morgan fingerprint density at radius 1 is 1.24 bits per heavy atom. The summed E-state index contributed by atoms with van der Waals surface area (Å²) < 4.78 is 0. The van der Waals surface area contributed by atoms with Gasteiger partial charge in [-0.3, -0.25) is 0 Å². The first-order valence-corrected chi connectivity index (χ1v) is 7.12. The van der Waals surface area contributed by atoms with Gasteiger partial charge < -0.3 is 5.73 Å². The van der Waals surface area contributed by atoms with Gasteiger partial charge >= 0.3 is 0 Å². The number of hydrogen-bond acceptors (Lipinski definition) is 1. The van der Waals surface area contributed by atoms with E-state index in [0.29, 0.717) is 11.1 Å². The molecule has 1 fully saturated rings. The van der Waals surface area contributed by atoms with Crippen molar-refractivity contribution in [2.45, 2.75) is 44.6 Å². The monoisotopic (exact) mass is 271 g/mol. The molecule has 1 aromatic rings. The van der Waals surface area contributed by atoms with Crippen LogP contribution in [0.4, 0.5) is 0 Å². The molecule has 1 atom stereocenters. The minimum atomic E-state index is 0.323. The van der Waals surface area contributed by atoms with Gasteiger partial charge in [-0.05, 0) is 49.3 Å². The maximum Gasteiger partial charge on any atom is 0.0452 e. The highest BCUT2D eigenvalue weighted by molar-refractivity contribution is 6.35. The van der Waals surface area contributed by atoms with Crippen LogP contribution in [0.25, 0.3) is 0 Å². The van der Waals surface area contributed by atoms with Crippen LogP contribution in [0.15, 0.2) is 18.2 Å². The summed E-state index contributed by atoms with van der Waals surface area (Å²) in [6.07, 6.45) is 7.27. The number of hydrogen-bond donors (Lipinski definition) is 1. The second kappa shape index (κ2) is 6.08. The maximum absolute atomic E-state index is 6.24. The summed E-state index contributed by atoms with van der Waals surface area (Å²) in [6, 6.07) is 6.03. The average molecular weight is 272 g/mol. The minimum Gasteiger partial charge on any atom is -0.327 e. The maximum atomic E-state index is 6.24. The van der Waals surface area contributed by atoms with Crippen LogP contribution >= 0.6 is 23.2 Å². The Kier molecular flexibility index (Phi) is 4.72. The van der Waals surface area contributed by atoms with E-state index in [1.165, 1.54) is 25.7 Å². The molecule has 3 heteroatoms. The fourth-order valence-corrected chi connectivity index (χ4v) is 3.17. The van der Waals surface area contributed by atoms with Crippen LogP contribution in [0.2, 0.25) is 10.0 Å². The molecule has 2 N–H and O–H groups in total. The van der Waals surface area contributed by atoms with E-state index < -0.39 is 0 Å². The summed E-state index contributed by atoms with van der Waals surface area (Å²) in [5, 5.41) is 1.45. The summed E-state index contributed by atoms with van der Waals surface area (Å²) in [7, 11) is 0. The van der Waals surface area contributed by atoms with Gasteiger partial charge in [0.25, 0.3) is 0 Å². The van der Waals surface area contributed by atoms with Crippen molar-refractivity contribution in [1.29, 1.82) is 0 Å². The van der Waals surface area contributed by atoms with Crippen molar-refractivity contribution in [3.8, 4) is 0 Å². The van der Waals surface area contributed by atoms with Crippen molar-refractivity contribution in [1.82, 2.24) is 0 Å². The van der Waals surface area contributed by atoms with Crippen molar-refractivity contribution >= 4 is 23.2 Å². The van der Waals surface area contributed by atoms with Crippen LogP contribution in [0.5, 0.6) is 0 Å². The predicted molar refractivity (Wildman–Crippen MR) is 74.7 cm³/mol. The van der Waals surface area contributed by atoms with E-state index in [2.05, 4.69) is 0 Å². The van der Waals surface area contributed by atoms with Crippen LogP contribution < -0.4 is 5.73 Å². The van der Waals surface area contributed by atoms with Gasteiger partial charge in [-0.2, -0.15) is 0 Å². The first-order valence-electron chi connectivity index (χ1n) is 6.36. The Balaban J connectivity index is 1.88. The van der Waals surface area contributed by atoms with Gasteiger partial charge in [0.1, 0.15) is 0 Å². The predicted octanol–water partition coefficient (Wildman–Crippen LogP) is 4.44. The zero-order valence-electron chi connectivity index (χ0n) is 9.96. The minimum absolute atomic E-state index is 0.323. The largest absolute Gasteiger partial charge is 0.327 e. The lowest BCUT2D eigenvalue weighted by atomic mass is 9.93. The lowest BCUT2D eigenvalue weighted by Gasteiger charge is -2.18. The van der Waals surface area contributed by atoms with Gasteiger partial charge in [-0.25, -0.2) is 0 Å². The van der Waals surface area contributed by atoms with E-state index in [4.69, 9.17) is 28.9 Å². The smallest absolute Gasteiger partial charge is 0.0452 e. The van der Waals surface area contributed by atoms with Crippen molar-refractivity contribution in [3.05, 3.63) is 33.8 Å². The Hall–Kier alpha value is -0.240. The Morgan fingerprint density at radius 2 is 1.94 bits per heavy atom. The van der Waals surface area contributed by atoms with Crippen LogP contribution in [0.3, 0.4) is 0 Å². The number of rotatable bonds is 4. The number of aryl methyl sites for hydroxylation is 1. The first kappa shape index (κ1) is 13.2. The van der Waals surface area contributed by atoms with Crippen LogP contribution in [-0.4, -0.2) is 6.04 Å². The summed E-state index contributed by atoms with van der Waals surface area (Å²) in [4.78, 5) is 0. The average Bonchev–Trinajstić information content (AvgIpc) is 2.81. The second-order valence-corrected chi connectivity index (χ2v) is 5.83. The van der Waals surface area contributed by atoms with Crippen LogP contribution in [-0.2, 0) is 6.42 Å². The summed E-state index contributed by atoms with van der Waals surface area (Å²) in [6.45, 7) is 0. The van der Waals surface area contributed by atoms with Gasteiger partial charge in [0, 0.05) is 16.1 Å². The molecule has 2 rings (SSSR count). The highest BCUT2D eigenvalue weighted by Crippen LogP contribution is 2.29. The topological polar surface area (TPSA) is 26.0 Å². The standard InChI is InChI=1S/C14H19Cl2N/c15-12-7-5-10(13(16)9-12)6-8-14(17)11-3-1-2-4-11/h5,7,9,11,14H,1-4,6,8,17H2. The summed E-state index contributed by atoms with van der Waals surface area (Å²) in [5.74, 6) is 0.723. The van der Waals surface area contributed by atoms with E-state index in [1.54, 1.807) is 6.07 Å². The molecule has 0 aromatic heterocycles. The third-order valence-corrected chi connectivity index (χ3v) is 4.35. The molecule has 0 saturated heterocycles. The van der Waals surface area contributed by atoms with Gasteiger partial charge in [-0.1, -0.05) is 42.1 Å². The molecule has 1 nitrogen and oxygen atoms in total. The molecule has 0 bridgehead atoms. The van der Waals surface area contributed by atoms with E-state index in [0.717, 1.165) is 29.3 Å². The van der Waals surface area contributed by atoms with Gasteiger partial charge in [0.05, 0.1) is 0 Å². The van der Waals surface area contributed by atoms with E-state index >= 15 is 0 Å². The highest BCUT2D eigenvalue weighted by Gasteiger charge is 2.21. The molecule has 1 unspecified atom stereocenters. The third kappa shape index (κ3) is 3.61. The van der Waals surface area contributed by atoms with Crippen molar-refractivity contribution in [2.75, 3.05) is 0 Å². The van der Waals surface area contributed by atoms with Crippen molar-refractivity contribution in [3.63, 3.8) is 0 Å². The highest BCUT2D eigenvalue weighted by atomic mass is 35.5. The zero-order chi connectivity index (χ0) is 12.3. The normalized spacial score (nSPS) is 18.5. The van der Waals surface area contributed by atoms with E-state index in [9.17, 15) is 0 Å². The zero-order valence-corrected chi connectivity index (χ0v) is 11.5. The SMILES string of the molecule is NC(CCc1ccc(Cl)cc1Cl)C1CCCC1. The first-order chi connectivity index (χ1) is 8.16. The fraction of sp³-hybridized carbons (Fsp3) is 0.571. The van der Waals surface area contributed by atoms with Gasteiger partial charge in [0.15, 0.2) is 0 Å². The van der Waals surface area contributed by atoms with E-state index in [1.807, 2.05) is 12.1 Å². The number of halogens is 2. The molecule has 0 spiro atoms. The van der Waals surface area contributed by atoms with Gasteiger partial charge in [-0.15, -0.1) is 0 Å². The Bertz CT molecular complexity index is 372. The lowest BCUT2D eigenvalue weighted by Crippen LogP contribution is -2.28. The summed E-state index contributed by atoms with van der Waals surface area (Å²) in [5.41, 5.74) is 7.39. The quantitative estimate of drug-likeness (QED) is 0.861. The molecule has 1 aliphatic carbocycles. The molecule has 1 aromatic carbocycles. The molecule has 1 aliphatic rings. The summed E-state index contributed by atoms with van der Waals surface area (Å²) >= 11 is 12.0. The second-order valence-electron chi connectivity index (χ2n) is 4.98. The third-order valence-electron chi connectivity index (χ3n) is 3.77. The lowest BCUT2D eigenvalue weighted by molar-refractivity contribution is 0.410. The van der Waals surface area contributed by atoms with Gasteiger partial charge in [0.2, 0.25) is 0 Å². The Labute approximate surface area is 113 Å². The van der Waals surface area contributed by atoms with Crippen molar-refractivity contribution < 1.29 is 0 Å². The molecule has 1 saturated carbocycles. The molecule has 17 heavy (non-hydrogen) atoms. The molecule has 0 radical (unpaired) electrons. The Morgan fingerprint density at radius 3 is 2.59 bits per heavy atom. The molecule has 0 aliphatic heterocycles. The van der Waals surface area contributed by atoms with Crippen LogP contribution in [0, 0.1) is 5.92 Å². The van der Waals surface area contributed by atoms with Crippen LogP contribution in [0.1, 0.15) is 37.7 Å². The molecule has 94 valence electrons. The molecule has 0 heterocycles. The van der Waals surface area contributed by atoms with Crippen molar-refractivity contribution in [2.24, 2.45) is 11.7 Å². The fourth-order valence-electron chi connectivity index (χ4n) is 2.67. The number of nitrogens with two attached hydrogens (primary N) is 1. The number of benzene rings is 1.